The largest absolute Gasteiger partial charge is 0.348 e. The molecule has 0 radical (unpaired) electrons. The molecular weight excluding hydrogens is 352 g/mol. The van der Waals surface area contributed by atoms with Crippen molar-refractivity contribution in [2.24, 2.45) is 0 Å². The van der Waals surface area contributed by atoms with Crippen LogP contribution in [-0.4, -0.2) is 55.2 Å². The number of carbonyl (C=O) groups excluding carboxylic acids is 2. The molecule has 3 heterocycles. The average Bonchev–Trinajstić information content (AvgIpc) is 3.25. The van der Waals surface area contributed by atoms with Gasteiger partial charge in [0.25, 0.3) is 0 Å². The number of likely N-dealkylation sites (N-methyl/N-ethyl adjacent to an activating group) is 1. The number of likely N-dealkylation sites (tertiary alicyclic amines) is 1. The van der Waals surface area contributed by atoms with Gasteiger partial charge in [-0.05, 0) is 35.0 Å². The van der Waals surface area contributed by atoms with Crippen molar-refractivity contribution in [2.45, 2.75) is 0 Å². The Morgan fingerprint density at radius 3 is 2.00 bits per heavy atom. The molecule has 25 heavy (non-hydrogen) atoms. The smallest absolute Gasteiger partial charge is 0.236 e. The van der Waals surface area contributed by atoms with Crippen LogP contribution >= 0.6 is 22.7 Å². The second-order valence-corrected chi connectivity index (χ2v) is 8.09. The van der Waals surface area contributed by atoms with E-state index in [4.69, 9.17) is 0 Å². The number of thiophene rings is 2. The minimum absolute atomic E-state index is 0.0419. The van der Waals surface area contributed by atoms with E-state index in [-0.39, 0.29) is 11.7 Å². The van der Waals surface area contributed by atoms with Crippen LogP contribution < -0.4 is 0 Å². The quantitative estimate of drug-likeness (QED) is 0.774. The van der Waals surface area contributed by atoms with Crippen molar-refractivity contribution >= 4 is 46.5 Å². The van der Waals surface area contributed by atoms with E-state index in [2.05, 4.69) is 0 Å². The highest BCUT2D eigenvalue weighted by Gasteiger charge is 2.27. The van der Waals surface area contributed by atoms with Gasteiger partial charge in [-0.3, -0.25) is 14.5 Å². The third-order valence-corrected chi connectivity index (χ3v) is 5.59. The molecule has 2 aromatic rings. The Labute approximate surface area is 155 Å². The van der Waals surface area contributed by atoms with Crippen LogP contribution in [0.2, 0.25) is 0 Å². The third-order valence-electron chi connectivity index (χ3n) is 3.95. The van der Waals surface area contributed by atoms with Crippen LogP contribution in [0.25, 0.3) is 12.2 Å². The zero-order valence-corrected chi connectivity index (χ0v) is 15.9. The van der Waals surface area contributed by atoms with Crippen LogP contribution in [0.3, 0.4) is 0 Å². The molecule has 1 amide bonds. The molecule has 0 N–H and O–H groups in total. The van der Waals surface area contributed by atoms with Crippen molar-refractivity contribution in [3.8, 4) is 0 Å². The summed E-state index contributed by atoms with van der Waals surface area (Å²) in [5.41, 5.74) is 1.48. The Morgan fingerprint density at radius 1 is 1.08 bits per heavy atom. The maximum atomic E-state index is 12.9. The van der Waals surface area contributed by atoms with Crippen LogP contribution in [-0.2, 0) is 9.59 Å². The van der Waals surface area contributed by atoms with Gasteiger partial charge in [0.1, 0.15) is 0 Å². The van der Waals surface area contributed by atoms with Crippen LogP contribution in [0.4, 0.5) is 0 Å². The molecule has 1 aliphatic rings. The summed E-state index contributed by atoms with van der Waals surface area (Å²) in [6.07, 6.45) is 3.89. The predicted molar refractivity (Wildman–Crippen MR) is 105 cm³/mol. The first-order chi connectivity index (χ1) is 12.0. The van der Waals surface area contributed by atoms with Gasteiger partial charge in [-0.2, -0.15) is 0 Å². The molecule has 1 aliphatic heterocycles. The Hall–Kier alpha value is -2.02. The van der Waals surface area contributed by atoms with E-state index in [0.29, 0.717) is 19.6 Å². The molecule has 4 nitrogen and oxygen atoms in total. The average molecular weight is 373 g/mol. The Bertz CT molecular complexity index is 746. The number of hydrogen-bond acceptors (Lipinski definition) is 5. The number of carbonyl (C=O) groups is 2. The molecule has 0 saturated carbocycles. The molecule has 2 aromatic heterocycles. The van der Waals surface area contributed by atoms with Gasteiger partial charge in [-0.25, -0.2) is 0 Å². The highest BCUT2D eigenvalue weighted by Crippen LogP contribution is 2.24. The zero-order valence-electron chi connectivity index (χ0n) is 14.3. The monoisotopic (exact) mass is 372 g/mol. The lowest BCUT2D eigenvalue weighted by molar-refractivity contribution is -0.130. The van der Waals surface area contributed by atoms with Gasteiger partial charge in [0.05, 0.1) is 6.54 Å². The van der Waals surface area contributed by atoms with E-state index in [9.17, 15) is 9.59 Å². The number of nitrogens with zero attached hydrogens (tertiary/aromatic N) is 2. The topological polar surface area (TPSA) is 40.6 Å². The summed E-state index contributed by atoms with van der Waals surface area (Å²) in [6, 6.07) is 7.94. The number of amides is 1. The van der Waals surface area contributed by atoms with Gasteiger partial charge < -0.3 is 4.90 Å². The summed E-state index contributed by atoms with van der Waals surface area (Å²) < 4.78 is 0. The van der Waals surface area contributed by atoms with Gasteiger partial charge in [-0.1, -0.05) is 12.1 Å². The first-order valence-electron chi connectivity index (χ1n) is 7.98. The summed E-state index contributed by atoms with van der Waals surface area (Å²) >= 11 is 3.21. The normalized spacial score (nSPS) is 18.9. The molecule has 130 valence electrons. The van der Waals surface area contributed by atoms with Crippen LogP contribution in [0.1, 0.15) is 9.75 Å². The molecule has 0 atom stereocenters. The lowest BCUT2D eigenvalue weighted by atomic mass is 9.96. The van der Waals surface area contributed by atoms with Crippen molar-refractivity contribution in [1.29, 1.82) is 0 Å². The first kappa shape index (κ1) is 17.8. The Kier molecular flexibility index (Phi) is 5.63. The van der Waals surface area contributed by atoms with Crippen molar-refractivity contribution in [2.75, 3.05) is 33.7 Å². The summed E-state index contributed by atoms with van der Waals surface area (Å²) in [7, 11) is 3.50. The molecular formula is C19H20N2O2S2. The first-order valence-corrected chi connectivity index (χ1v) is 9.74. The molecule has 0 aliphatic carbocycles. The fraction of sp³-hybridized carbons (Fsp3) is 0.263. The number of ketones is 1. The molecule has 0 unspecified atom stereocenters. The molecule has 1 saturated heterocycles. The van der Waals surface area contributed by atoms with Gasteiger partial charge in [0, 0.05) is 48.1 Å². The lowest BCUT2D eigenvalue weighted by Crippen LogP contribution is -2.43. The fourth-order valence-corrected chi connectivity index (χ4v) is 4.01. The van der Waals surface area contributed by atoms with E-state index in [1.54, 1.807) is 41.7 Å². The van der Waals surface area contributed by atoms with Crippen LogP contribution in [0.15, 0.2) is 46.2 Å². The molecule has 6 heteroatoms. The van der Waals surface area contributed by atoms with E-state index < -0.39 is 0 Å². The van der Waals surface area contributed by atoms with Crippen molar-refractivity contribution < 1.29 is 9.59 Å². The van der Waals surface area contributed by atoms with Crippen LogP contribution in [0, 0.1) is 0 Å². The van der Waals surface area contributed by atoms with Crippen molar-refractivity contribution in [3.05, 3.63) is 55.9 Å². The maximum absolute atomic E-state index is 12.9. The van der Waals surface area contributed by atoms with E-state index in [1.807, 2.05) is 52.1 Å². The summed E-state index contributed by atoms with van der Waals surface area (Å²) in [5.74, 6) is 0.121. The molecule has 3 rings (SSSR count). The maximum Gasteiger partial charge on any atom is 0.236 e. The Balaban J connectivity index is 1.89. The number of rotatable bonds is 4. The second kappa shape index (κ2) is 7.91. The van der Waals surface area contributed by atoms with Crippen molar-refractivity contribution in [3.63, 3.8) is 0 Å². The lowest BCUT2D eigenvalue weighted by Gasteiger charge is -2.30. The molecule has 0 bridgehead atoms. The summed E-state index contributed by atoms with van der Waals surface area (Å²) in [5, 5.41) is 3.99. The number of piperidine rings is 1. The van der Waals surface area contributed by atoms with Gasteiger partial charge >= 0.3 is 0 Å². The molecule has 0 aromatic carbocycles. The minimum atomic E-state index is 0.0419. The Morgan fingerprint density at radius 2 is 1.60 bits per heavy atom. The summed E-state index contributed by atoms with van der Waals surface area (Å²) in [4.78, 5) is 30.7. The predicted octanol–water partition coefficient (Wildman–Crippen LogP) is 3.25. The highest BCUT2D eigenvalue weighted by atomic mass is 32.1. The third kappa shape index (κ3) is 4.54. The van der Waals surface area contributed by atoms with E-state index in [0.717, 1.165) is 20.9 Å². The van der Waals surface area contributed by atoms with Gasteiger partial charge in [0.2, 0.25) is 5.91 Å². The second-order valence-electron chi connectivity index (χ2n) is 6.13. The van der Waals surface area contributed by atoms with Gasteiger partial charge in [0.15, 0.2) is 5.78 Å². The summed E-state index contributed by atoms with van der Waals surface area (Å²) in [6.45, 7) is 1.31. The van der Waals surface area contributed by atoms with E-state index in [1.165, 1.54) is 0 Å². The highest BCUT2D eigenvalue weighted by molar-refractivity contribution is 7.11. The zero-order chi connectivity index (χ0) is 17.8. The SMILES string of the molecule is CN(C)C(=O)CN1CC(=Cc2cccs2)C(=O)C(=Cc2cccs2)C1. The molecule has 1 fully saturated rings. The van der Waals surface area contributed by atoms with Crippen LogP contribution in [0.5, 0.6) is 0 Å². The minimum Gasteiger partial charge on any atom is -0.348 e. The number of hydrogen-bond donors (Lipinski definition) is 0. The number of Topliss-reactive ketones (excluding diaryl/α,β-unsaturated/α-hetero) is 1. The molecule has 0 spiro atoms. The standard InChI is InChI=1S/C19H20N2O2S2/c1-20(2)18(22)13-21-11-14(9-16-5-3-7-24-16)19(23)15(12-21)10-17-6-4-8-25-17/h3-10H,11-13H2,1-2H3. The van der Waals surface area contributed by atoms with Crippen molar-refractivity contribution in [1.82, 2.24) is 9.80 Å². The fourth-order valence-electron chi connectivity index (χ4n) is 2.64. The van der Waals surface area contributed by atoms with Gasteiger partial charge in [-0.15, -0.1) is 22.7 Å². The van der Waals surface area contributed by atoms with E-state index >= 15 is 0 Å².